The van der Waals surface area contributed by atoms with Gasteiger partial charge >= 0.3 is 0 Å². The molecule has 16 heavy (non-hydrogen) atoms. The predicted octanol–water partition coefficient (Wildman–Crippen LogP) is 2.98. The maximum Gasteiger partial charge on any atom is 0.122 e. The molecule has 1 unspecified atom stereocenters. The van der Waals surface area contributed by atoms with E-state index < -0.39 is 0 Å². The number of ether oxygens (including phenoxy) is 1. The van der Waals surface area contributed by atoms with Crippen molar-refractivity contribution in [3.63, 3.8) is 0 Å². The lowest BCUT2D eigenvalue weighted by molar-refractivity contribution is 0.335. The van der Waals surface area contributed by atoms with Crippen LogP contribution in [0, 0.1) is 13.8 Å². The summed E-state index contributed by atoms with van der Waals surface area (Å²) < 4.78 is 5.66. The van der Waals surface area contributed by atoms with Crippen LogP contribution in [0.1, 0.15) is 37.0 Å². The monoisotopic (exact) mass is 221 g/mol. The van der Waals surface area contributed by atoms with Gasteiger partial charge in [0.05, 0.1) is 6.61 Å². The van der Waals surface area contributed by atoms with Crippen molar-refractivity contribution in [2.24, 2.45) is 5.73 Å². The highest BCUT2D eigenvalue weighted by molar-refractivity contribution is 5.42. The zero-order chi connectivity index (χ0) is 12.1. The molecular weight excluding hydrogens is 198 g/mol. The number of nitrogens with two attached hydrogens (primary N) is 1. The van der Waals surface area contributed by atoms with E-state index in [0.717, 1.165) is 18.6 Å². The molecule has 0 saturated carbocycles. The second kappa shape index (κ2) is 5.90. The molecule has 2 nitrogen and oxygen atoms in total. The number of aryl methyl sites for hydroxylation is 2. The van der Waals surface area contributed by atoms with Crippen LogP contribution in [-0.4, -0.2) is 12.6 Å². The summed E-state index contributed by atoms with van der Waals surface area (Å²) in [5, 5.41) is 0. The topological polar surface area (TPSA) is 35.2 Å². The summed E-state index contributed by atoms with van der Waals surface area (Å²) in [5.41, 5.74) is 9.82. The van der Waals surface area contributed by atoms with Crippen LogP contribution in [0.25, 0.3) is 0 Å². The summed E-state index contributed by atoms with van der Waals surface area (Å²) in [6.45, 7) is 9.08. The number of hydrogen-bond acceptors (Lipinski definition) is 2. The first-order valence-corrected chi connectivity index (χ1v) is 6.07. The fourth-order valence-corrected chi connectivity index (χ4v) is 1.73. The van der Waals surface area contributed by atoms with E-state index in [9.17, 15) is 0 Å². The number of rotatable bonds is 5. The molecule has 0 bridgehead atoms. The minimum atomic E-state index is 0.223. The molecule has 0 heterocycles. The van der Waals surface area contributed by atoms with Gasteiger partial charge < -0.3 is 10.5 Å². The van der Waals surface area contributed by atoms with Crippen LogP contribution in [-0.2, 0) is 6.42 Å². The van der Waals surface area contributed by atoms with E-state index in [-0.39, 0.29) is 6.04 Å². The van der Waals surface area contributed by atoms with Crippen molar-refractivity contribution in [3.05, 3.63) is 28.8 Å². The highest BCUT2D eigenvalue weighted by Crippen LogP contribution is 2.24. The quantitative estimate of drug-likeness (QED) is 0.829. The Morgan fingerprint density at radius 1 is 1.19 bits per heavy atom. The largest absolute Gasteiger partial charge is 0.494 e. The molecule has 90 valence electrons. The van der Waals surface area contributed by atoms with E-state index in [1.54, 1.807) is 0 Å². The van der Waals surface area contributed by atoms with Crippen molar-refractivity contribution >= 4 is 0 Å². The van der Waals surface area contributed by atoms with Gasteiger partial charge in [0.2, 0.25) is 0 Å². The van der Waals surface area contributed by atoms with Gasteiger partial charge in [0.1, 0.15) is 5.75 Å². The molecule has 2 heteroatoms. The second-order valence-electron chi connectivity index (χ2n) is 4.35. The fraction of sp³-hybridized carbons (Fsp3) is 0.571. The van der Waals surface area contributed by atoms with E-state index >= 15 is 0 Å². The van der Waals surface area contributed by atoms with Gasteiger partial charge in [0.15, 0.2) is 0 Å². The van der Waals surface area contributed by atoms with E-state index in [4.69, 9.17) is 10.5 Å². The Morgan fingerprint density at radius 2 is 1.81 bits per heavy atom. The van der Waals surface area contributed by atoms with Crippen molar-refractivity contribution in [2.45, 2.75) is 46.6 Å². The molecule has 1 aromatic rings. The molecule has 0 spiro atoms. The van der Waals surface area contributed by atoms with Crippen molar-refractivity contribution < 1.29 is 4.74 Å². The molecule has 0 fully saturated rings. The third-order valence-electron chi connectivity index (χ3n) is 2.98. The predicted molar refractivity (Wildman–Crippen MR) is 69.1 cm³/mol. The Kier molecular flexibility index (Phi) is 4.81. The lowest BCUT2D eigenvalue weighted by atomic mass is 9.99. The van der Waals surface area contributed by atoms with E-state index in [0.29, 0.717) is 6.61 Å². The summed E-state index contributed by atoms with van der Waals surface area (Å²) in [7, 11) is 0. The summed E-state index contributed by atoms with van der Waals surface area (Å²) in [4.78, 5) is 0. The lowest BCUT2D eigenvalue weighted by Crippen LogP contribution is -2.21. The van der Waals surface area contributed by atoms with Gasteiger partial charge in [-0.1, -0.05) is 13.0 Å². The summed E-state index contributed by atoms with van der Waals surface area (Å²) >= 11 is 0. The van der Waals surface area contributed by atoms with Gasteiger partial charge in [0, 0.05) is 6.04 Å². The van der Waals surface area contributed by atoms with Gasteiger partial charge in [-0.05, 0) is 56.4 Å². The second-order valence-corrected chi connectivity index (χ2v) is 4.35. The normalized spacial score (nSPS) is 12.6. The van der Waals surface area contributed by atoms with Crippen LogP contribution >= 0.6 is 0 Å². The average molecular weight is 221 g/mol. The molecule has 0 amide bonds. The molecular formula is C14H23NO. The molecule has 1 atom stereocenters. The Bertz CT molecular complexity index is 347. The fourth-order valence-electron chi connectivity index (χ4n) is 1.73. The van der Waals surface area contributed by atoms with Gasteiger partial charge in [-0.25, -0.2) is 0 Å². The average Bonchev–Trinajstić information content (AvgIpc) is 2.25. The smallest absolute Gasteiger partial charge is 0.122 e. The summed E-state index contributed by atoms with van der Waals surface area (Å²) in [5.74, 6) is 0.995. The van der Waals surface area contributed by atoms with Gasteiger partial charge in [0.25, 0.3) is 0 Å². The van der Waals surface area contributed by atoms with E-state index in [1.165, 1.54) is 16.7 Å². The lowest BCUT2D eigenvalue weighted by Gasteiger charge is -2.15. The van der Waals surface area contributed by atoms with Crippen molar-refractivity contribution in [1.29, 1.82) is 0 Å². The van der Waals surface area contributed by atoms with Gasteiger partial charge in [-0.2, -0.15) is 0 Å². The maximum atomic E-state index is 6.00. The van der Waals surface area contributed by atoms with Crippen molar-refractivity contribution in [2.75, 3.05) is 6.61 Å². The third kappa shape index (κ3) is 3.24. The third-order valence-corrected chi connectivity index (χ3v) is 2.98. The minimum absolute atomic E-state index is 0.223. The van der Waals surface area contributed by atoms with Crippen LogP contribution in [0.2, 0.25) is 0 Å². The Labute approximate surface area is 98.8 Å². The minimum Gasteiger partial charge on any atom is -0.494 e. The Balaban J connectivity index is 2.99. The van der Waals surface area contributed by atoms with Crippen molar-refractivity contribution in [3.8, 4) is 5.75 Å². The standard InChI is InChI=1S/C14H23NO/c1-5-13(15)9-12-7-10(3)11(4)8-14(12)16-6-2/h7-8,13H,5-6,9,15H2,1-4H3. The van der Waals surface area contributed by atoms with Gasteiger partial charge in [-0.3, -0.25) is 0 Å². The molecule has 1 rings (SSSR count). The van der Waals surface area contributed by atoms with E-state index in [1.807, 2.05) is 6.92 Å². The highest BCUT2D eigenvalue weighted by Gasteiger charge is 2.09. The summed E-state index contributed by atoms with van der Waals surface area (Å²) in [6.07, 6.45) is 1.89. The maximum absolute atomic E-state index is 6.00. The van der Waals surface area contributed by atoms with E-state index in [2.05, 4.69) is 32.9 Å². The Hall–Kier alpha value is -1.02. The molecule has 0 aromatic heterocycles. The zero-order valence-electron chi connectivity index (χ0n) is 10.8. The van der Waals surface area contributed by atoms with Gasteiger partial charge in [-0.15, -0.1) is 0 Å². The number of benzene rings is 1. The molecule has 0 saturated heterocycles. The highest BCUT2D eigenvalue weighted by atomic mass is 16.5. The molecule has 0 aliphatic carbocycles. The first-order valence-electron chi connectivity index (χ1n) is 6.07. The molecule has 1 aromatic carbocycles. The zero-order valence-corrected chi connectivity index (χ0v) is 10.8. The Morgan fingerprint density at radius 3 is 2.38 bits per heavy atom. The summed E-state index contributed by atoms with van der Waals surface area (Å²) in [6, 6.07) is 4.55. The molecule has 0 radical (unpaired) electrons. The van der Waals surface area contributed by atoms with Crippen LogP contribution < -0.4 is 10.5 Å². The van der Waals surface area contributed by atoms with Crippen LogP contribution in [0.3, 0.4) is 0 Å². The SMILES string of the molecule is CCOc1cc(C)c(C)cc1CC(N)CC. The molecule has 0 aliphatic heterocycles. The van der Waals surface area contributed by atoms with Crippen LogP contribution in [0.5, 0.6) is 5.75 Å². The molecule has 2 N–H and O–H groups in total. The number of hydrogen-bond donors (Lipinski definition) is 1. The first-order chi connectivity index (χ1) is 7.58. The van der Waals surface area contributed by atoms with Crippen LogP contribution in [0.15, 0.2) is 12.1 Å². The van der Waals surface area contributed by atoms with Crippen LogP contribution in [0.4, 0.5) is 0 Å². The molecule has 0 aliphatic rings. The first kappa shape index (κ1) is 13.0. The van der Waals surface area contributed by atoms with Crippen molar-refractivity contribution in [1.82, 2.24) is 0 Å².